The smallest absolute Gasteiger partial charge is 0.254 e. The number of thiazole rings is 1. The van der Waals surface area contributed by atoms with Gasteiger partial charge in [-0.05, 0) is 31.0 Å². The molecule has 144 valence electrons. The van der Waals surface area contributed by atoms with Crippen molar-refractivity contribution in [2.24, 2.45) is 0 Å². The monoisotopic (exact) mass is 433 g/mol. The second-order valence-electron chi connectivity index (χ2n) is 7.03. The molecule has 0 spiro atoms. The predicted molar refractivity (Wildman–Crippen MR) is 111 cm³/mol. The second kappa shape index (κ2) is 6.76. The van der Waals surface area contributed by atoms with Crippen molar-refractivity contribution in [3.05, 3.63) is 49.9 Å². The van der Waals surface area contributed by atoms with Gasteiger partial charge in [0.25, 0.3) is 5.91 Å². The number of nitrogens with zero attached hydrogens (tertiary/aromatic N) is 4. The van der Waals surface area contributed by atoms with Crippen molar-refractivity contribution >= 4 is 45.6 Å². The number of rotatable bonds is 1. The van der Waals surface area contributed by atoms with Gasteiger partial charge >= 0.3 is 0 Å². The number of aryl methyl sites for hydroxylation is 2. The molecule has 0 unspecified atom stereocenters. The van der Waals surface area contributed by atoms with Crippen molar-refractivity contribution in [2.45, 2.75) is 32.4 Å². The zero-order valence-electron chi connectivity index (χ0n) is 14.9. The third kappa shape index (κ3) is 2.89. The SMILES string of the molecule is Nc1nc2c(s1)CCCn1nc3c(c1-2)CN(C(=O)c1ccc(Cl)c(Cl)c1)CC3. The number of nitrogen functional groups attached to an aromatic ring is 1. The summed E-state index contributed by atoms with van der Waals surface area (Å²) in [6, 6.07) is 4.99. The maximum atomic E-state index is 13.0. The Morgan fingerprint density at radius 3 is 2.86 bits per heavy atom. The molecule has 5 rings (SSSR count). The highest BCUT2D eigenvalue weighted by molar-refractivity contribution is 7.15. The molecule has 2 aliphatic heterocycles. The Bertz CT molecular complexity index is 1110. The topological polar surface area (TPSA) is 77.0 Å². The summed E-state index contributed by atoms with van der Waals surface area (Å²) in [5, 5.41) is 6.21. The van der Waals surface area contributed by atoms with Gasteiger partial charge in [-0.2, -0.15) is 5.10 Å². The molecule has 2 aliphatic rings. The number of hydrogen-bond acceptors (Lipinski definition) is 5. The Morgan fingerprint density at radius 2 is 2.04 bits per heavy atom. The van der Waals surface area contributed by atoms with E-state index in [1.54, 1.807) is 29.5 Å². The fourth-order valence-corrected chi connectivity index (χ4v) is 5.13. The summed E-state index contributed by atoms with van der Waals surface area (Å²) >= 11 is 13.6. The lowest BCUT2D eigenvalue weighted by Gasteiger charge is -2.27. The lowest BCUT2D eigenvalue weighted by Crippen LogP contribution is -2.36. The van der Waals surface area contributed by atoms with Crippen LogP contribution in [-0.2, 0) is 25.9 Å². The molecule has 0 radical (unpaired) electrons. The number of aromatic nitrogens is 3. The number of benzene rings is 1. The van der Waals surface area contributed by atoms with Crippen molar-refractivity contribution in [1.29, 1.82) is 0 Å². The first-order valence-corrected chi connectivity index (χ1v) is 10.7. The van der Waals surface area contributed by atoms with Crippen molar-refractivity contribution in [1.82, 2.24) is 19.7 Å². The number of fused-ring (bicyclic) bond motifs is 5. The van der Waals surface area contributed by atoms with Gasteiger partial charge in [-0.1, -0.05) is 23.2 Å². The molecule has 2 aromatic heterocycles. The third-order valence-corrected chi connectivity index (χ3v) is 6.95. The minimum atomic E-state index is -0.0594. The molecule has 3 aromatic rings. The largest absolute Gasteiger partial charge is 0.375 e. The van der Waals surface area contributed by atoms with Gasteiger partial charge in [0.05, 0.1) is 28.0 Å². The molecular weight excluding hydrogens is 417 g/mol. The summed E-state index contributed by atoms with van der Waals surface area (Å²) in [5.41, 5.74) is 10.6. The lowest BCUT2D eigenvalue weighted by molar-refractivity contribution is 0.0734. The molecule has 0 bridgehead atoms. The van der Waals surface area contributed by atoms with Crippen LogP contribution in [0.25, 0.3) is 11.4 Å². The summed E-state index contributed by atoms with van der Waals surface area (Å²) < 4.78 is 2.04. The van der Waals surface area contributed by atoms with Crippen LogP contribution in [0.1, 0.15) is 32.9 Å². The molecule has 9 heteroatoms. The van der Waals surface area contributed by atoms with Crippen LogP contribution < -0.4 is 5.73 Å². The Morgan fingerprint density at radius 1 is 1.18 bits per heavy atom. The molecule has 28 heavy (non-hydrogen) atoms. The quantitative estimate of drug-likeness (QED) is 0.627. The van der Waals surface area contributed by atoms with Crippen LogP contribution in [0.2, 0.25) is 10.0 Å². The van der Waals surface area contributed by atoms with Crippen LogP contribution in [0.15, 0.2) is 18.2 Å². The average Bonchev–Trinajstić information content (AvgIpc) is 3.17. The van der Waals surface area contributed by atoms with Crippen LogP contribution in [0.4, 0.5) is 5.13 Å². The summed E-state index contributed by atoms with van der Waals surface area (Å²) in [7, 11) is 0. The molecule has 1 amide bonds. The lowest BCUT2D eigenvalue weighted by atomic mass is 10.0. The highest BCUT2D eigenvalue weighted by Gasteiger charge is 2.31. The number of halogens is 2. The highest BCUT2D eigenvalue weighted by Crippen LogP contribution is 2.38. The number of carbonyl (C=O) groups is 1. The Balaban J connectivity index is 1.52. The summed E-state index contributed by atoms with van der Waals surface area (Å²) in [6.07, 6.45) is 2.68. The molecule has 4 heterocycles. The second-order valence-corrected chi connectivity index (χ2v) is 8.96. The molecule has 0 atom stereocenters. The molecule has 0 saturated heterocycles. The Kier molecular flexibility index (Phi) is 4.34. The molecule has 1 aromatic carbocycles. The van der Waals surface area contributed by atoms with Gasteiger partial charge in [0.1, 0.15) is 5.69 Å². The number of anilines is 1. The maximum absolute atomic E-state index is 13.0. The summed E-state index contributed by atoms with van der Waals surface area (Å²) in [6.45, 7) is 1.97. The fourth-order valence-electron chi connectivity index (χ4n) is 3.95. The number of amides is 1. The van der Waals surface area contributed by atoms with E-state index in [0.717, 1.165) is 48.5 Å². The zero-order chi connectivity index (χ0) is 19.4. The van der Waals surface area contributed by atoms with Gasteiger partial charge in [-0.25, -0.2) is 4.98 Å². The van der Waals surface area contributed by atoms with Crippen molar-refractivity contribution < 1.29 is 4.79 Å². The molecule has 2 N–H and O–H groups in total. The summed E-state index contributed by atoms with van der Waals surface area (Å²) in [5.74, 6) is -0.0594. The van der Waals surface area contributed by atoms with Gasteiger partial charge < -0.3 is 10.6 Å². The highest BCUT2D eigenvalue weighted by atomic mass is 35.5. The number of nitrogens with two attached hydrogens (primary N) is 1. The average molecular weight is 434 g/mol. The van der Waals surface area contributed by atoms with Crippen molar-refractivity contribution in [3.8, 4) is 11.4 Å². The maximum Gasteiger partial charge on any atom is 0.254 e. The number of carbonyl (C=O) groups excluding carboxylic acids is 1. The minimum absolute atomic E-state index is 0.0594. The van der Waals surface area contributed by atoms with E-state index in [9.17, 15) is 4.79 Å². The van der Waals surface area contributed by atoms with E-state index < -0.39 is 0 Å². The van der Waals surface area contributed by atoms with Crippen LogP contribution >= 0.6 is 34.5 Å². The standard InChI is InChI=1S/C19H17Cl2N5OS/c20-12-4-3-10(8-13(12)21)18(27)25-7-5-14-11(9-25)17-16-15(28-19(22)23-16)2-1-6-26(17)24-14/h3-4,8H,1-2,5-7,9H2,(H2,22,23). The normalized spacial score (nSPS) is 15.6. The van der Waals surface area contributed by atoms with E-state index in [4.69, 9.17) is 34.0 Å². The molecule has 0 aliphatic carbocycles. The van der Waals surface area contributed by atoms with Crippen LogP contribution in [-0.4, -0.2) is 32.1 Å². The van der Waals surface area contributed by atoms with E-state index >= 15 is 0 Å². The van der Waals surface area contributed by atoms with Gasteiger partial charge in [-0.3, -0.25) is 9.48 Å². The van der Waals surface area contributed by atoms with E-state index in [1.165, 1.54) is 4.88 Å². The minimum Gasteiger partial charge on any atom is -0.375 e. The van der Waals surface area contributed by atoms with Crippen LogP contribution in [0, 0.1) is 0 Å². The molecule has 6 nitrogen and oxygen atoms in total. The van der Waals surface area contributed by atoms with Gasteiger partial charge in [-0.15, -0.1) is 11.3 Å². The number of hydrogen-bond donors (Lipinski definition) is 1. The van der Waals surface area contributed by atoms with Crippen LogP contribution in [0.5, 0.6) is 0 Å². The van der Waals surface area contributed by atoms with Crippen LogP contribution in [0.3, 0.4) is 0 Å². The predicted octanol–water partition coefficient (Wildman–Crippen LogP) is 4.04. The van der Waals surface area contributed by atoms with Gasteiger partial charge in [0, 0.05) is 35.5 Å². The van der Waals surface area contributed by atoms with E-state index in [1.807, 2.05) is 9.58 Å². The molecule has 0 saturated carbocycles. The first-order chi connectivity index (χ1) is 13.5. The van der Waals surface area contributed by atoms with Crippen molar-refractivity contribution in [2.75, 3.05) is 12.3 Å². The van der Waals surface area contributed by atoms with E-state index in [2.05, 4.69) is 4.98 Å². The van der Waals surface area contributed by atoms with Gasteiger partial charge in [0.2, 0.25) is 0 Å². The molecule has 0 fully saturated rings. The first kappa shape index (κ1) is 18.0. The van der Waals surface area contributed by atoms with Gasteiger partial charge in [0.15, 0.2) is 5.13 Å². The van der Waals surface area contributed by atoms with E-state index in [0.29, 0.717) is 33.8 Å². The molecular formula is C19H17Cl2N5OS. The Labute approximate surface area is 175 Å². The fraction of sp³-hybridized carbons (Fsp3) is 0.316. The van der Waals surface area contributed by atoms with E-state index in [-0.39, 0.29) is 5.91 Å². The zero-order valence-corrected chi connectivity index (χ0v) is 17.2. The first-order valence-electron chi connectivity index (χ1n) is 9.09. The Hall–Kier alpha value is -2.09. The van der Waals surface area contributed by atoms with Crippen molar-refractivity contribution in [3.63, 3.8) is 0 Å². The third-order valence-electron chi connectivity index (χ3n) is 5.27. The summed E-state index contributed by atoms with van der Waals surface area (Å²) in [4.78, 5) is 20.7.